The molecular weight excluding hydrogens is 537 g/mol. The largest absolute Gasteiger partial charge is 0.506 e. The second-order valence-corrected chi connectivity index (χ2v) is 9.21. The quantitative estimate of drug-likeness (QED) is 0.235. The Bertz CT molecular complexity index is 1850. The minimum absolute atomic E-state index is 0.127. The molecule has 2 N–H and O–H groups in total. The highest BCUT2D eigenvalue weighted by molar-refractivity contribution is 6.08. The van der Waals surface area contributed by atoms with E-state index in [0.717, 1.165) is 12.1 Å². The molecule has 5 rings (SSSR count). The minimum atomic E-state index is -0.991. The minimum Gasteiger partial charge on any atom is -0.506 e. The van der Waals surface area contributed by atoms with Crippen LogP contribution in [0.4, 0.5) is 18.9 Å². The van der Waals surface area contributed by atoms with Crippen LogP contribution in [-0.4, -0.2) is 33.1 Å². The first kappa shape index (κ1) is 27.4. The van der Waals surface area contributed by atoms with E-state index < -0.39 is 40.5 Å². The van der Waals surface area contributed by atoms with E-state index in [1.165, 1.54) is 50.7 Å². The third-order valence-electron chi connectivity index (χ3n) is 6.46. The zero-order valence-electron chi connectivity index (χ0n) is 22.3. The van der Waals surface area contributed by atoms with Crippen molar-refractivity contribution in [1.29, 1.82) is 0 Å². The average molecular weight is 561 g/mol. The second-order valence-electron chi connectivity index (χ2n) is 9.21. The van der Waals surface area contributed by atoms with Gasteiger partial charge >= 0.3 is 0 Å². The van der Waals surface area contributed by atoms with Crippen molar-refractivity contribution in [2.24, 2.45) is 0 Å². The zero-order chi connectivity index (χ0) is 29.4. The highest BCUT2D eigenvalue weighted by atomic mass is 19.1. The Kier molecular flexibility index (Phi) is 7.19. The number of benzene rings is 2. The summed E-state index contributed by atoms with van der Waals surface area (Å²) in [5.41, 5.74) is 1.78. The van der Waals surface area contributed by atoms with Crippen LogP contribution in [0.25, 0.3) is 22.2 Å². The summed E-state index contributed by atoms with van der Waals surface area (Å²) in [6.45, 7) is 4.79. The summed E-state index contributed by atoms with van der Waals surface area (Å²) in [5, 5.41) is 13.4. The Morgan fingerprint density at radius 3 is 2.44 bits per heavy atom. The molecule has 2 aromatic carbocycles. The molecule has 5 aromatic rings. The molecule has 0 atom stereocenters. The molecule has 8 nitrogen and oxygen atoms in total. The van der Waals surface area contributed by atoms with Gasteiger partial charge in [-0.25, -0.2) is 18.2 Å². The van der Waals surface area contributed by atoms with E-state index in [1.54, 1.807) is 19.9 Å². The highest BCUT2D eigenvalue weighted by Crippen LogP contribution is 2.38. The number of carbonyl (C=O) groups excluding carboxylic acids is 1. The molecule has 0 aliphatic rings. The summed E-state index contributed by atoms with van der Waals surface area (Å²) in [5.74, 6) is -3.61. The van der Waals surface area contributed by atoms with Crippen LogP contribution in [0.1, 0.15) is 27.3 Å². The number of nitrogens with zero attached hydrogens (tertiary/aromatic N) is 3. The zero-order valence-corrected chi connectivity index (χ0v) is 22.3. The van der Waals surface area contributed by atoms with Crippen LogP contribution >= 0.6 is 0 Å². The van der Waals surface area contributed by atoms with Crippen molar-refractivity contribution in [3.63, 3.8) is 0 Å². The Hall–Kier alpha value is -5.19. The molecule has 1 amide bonds. The smallest absolute Gasteiger partial charge is 0.261 e. The number of hydrogen-bond acceptors (Lipinski definition) is 7. The number of halogens is 3. The Labute approximate surface area is 232 Å². The third kappa shape index (κ3) is 5.21. The first-order chi connectivity index (χ1) is 19.6. The number of nitrogens with one attached hydrogen (secondary N) is 1. The SMILES string of the molecule is COc1cnc2c(Oc3cc(F)c(NC(=O)c4c(C)nc(C)c(-c5ccc(F)cc5C)c4O)cc3F)ccnc2c1. The van der Waals surface area contributed by atoms with E-state index in [4.69, 9.17) is 9.47 Å². The summed E-state index contributed by atoms with van der Waals surface area (Å²) in [4.78, 5) is 26.0. The number of hydrogen-bond donors (Lipinski definition) is 2. The molecule has 0 aliphatic heterocycles. The number of pyridine rings is 3. The van der Waals surface area contributed by atoms with Crippen LogP contribution in [0.2, 0.25) is 0 Å². The van der Waals surface area contributed by atoms with Gasteiger partial charge in [-0.05, 0) is 44.0 Å². The number of methoxy groups -OCH3 is 1. The first-order valence-corrected chi connectivity index (χ1v) is 12.3. The van der Waals surface area contributed by atoms with Gasteiger partial charge in [0, 0.05) is 41.7 Å². The molecule has 0 unspecified atom stereocenters. The summed E-state index contributed by atoms with van der Waals surface area (Å²) >= 11 is 0. The van der Waals surface area contributed by atoms with Gasteiger partial charge in [0.2, 0.25) is 0 Å². The second kappa shape index (κ2) is 10.8. The van der Waals surface area contributed by atoms with Crippen LogP contribution in [0.5, 0.6) is 23.0 Å². The normalized spacial score (nSPS) is 11.0. The summed E-state index contributed by atoms with van der Waals surface area (Å²) < 4.78 is 54.6. The molecule has 208 valence electrons. The molecule has 0 saturated heterocycles. The monoisotopic (exact) mass is 560 g/mol. The van der Waals surface area contributed by atoms with Gasteiger partial charge in [-0.15, -0.1) is 0 Å². The molecule has 0 radical (unpaired) electrons. The molecule has 0 bridgehead atoms. The van der Waals surface area contributed by atoms with Gasteiger partial charge in [0.25, 0.3) is 5.91 Å². The fourth-order valence-corrected chi connectivity index (χ4v) is 4.52. The van der Waals surface area contributed by atoms with Crippen LogP contribution in [0, 0.1) is 38.2 Å². The number of amides is 1. The lowest BCUT2D eigenvalue weighted by Crippen LogP contribution is -2.16. The van der Waals surface area contributed by atoms with Crippen molar-refractivity contribution in [3.8, 4) is 34.1 Å². The average Bonchev–Trinajstić information content (AvgIpc) is 2.92. The van der Waals surface area contributed by atoms with E-state index in [2.05, 4.69) is 20.3 Å². The maximum Gasteiger partial charge on any atom is 0.261 e. The van der Waals surface area contributed by atoms with Crippen LogP contribution in [-0.2, 0) is 0 Å². The number of carbonyl (C=O) groups is 1. The van der Waals surface area contributed by atoms with E-state index in [-0.39, 0.29) is 22.6 Å². The third-order valence-corrected chi connectivity index (χ3v) is 6.46. The van der Waals surface area contributed by atoms with Crippen LogP contribution in [0.3, 0.4) is 0 Å². The van der Waals surface area contributed by atoms with Gasteiger partial charge in [-0.3, -0.25) is 14.8 Å². The molecule has 0 saturated carbocycles. The van der Waals surface area contributed by atoms with E-state index in [0.29, 0.717) is 33.6 Å². The lowest BCUT2D eigenvalue weighted by Gasteiger charge is -2.17. The highest BCUT2D eigenvalue weighted by Gasteiger charge is 2.24. The van der Waals surface area contributed by atoms with E-state index in [1.807, 2.05) is 0 Å². The number of rotatable bonds is 6. The number of aromatic nitrogens is 3. The molecule has 0 aliphatic carbocycles. The van der Waals surface area contributed by atoms with E-state index >= 15 is 8.78 Å². The molecule has 0 spiro atoms. The first-order valence-electron chi connectivity index (χ1n) is 12.3. The maximum atomic E-state index is 15.1. The van der Waals surface area contributed by atoms with Crippen molar-refractivity contribution < 1.29 is 32.5 Å². The molecule has 3 heterocycles. The van der Waals surface area contributed by atoms with Gasteiger partial charge in [0.1, 0.15) is 28.4 Å². The number of ether oxygens (including phenoxy) is 2. The van der Waals surface area contributed by atoms with Gasteiger partial charge in [-0.2, -0.15) is 0 Å². The predicted molar refractivity (Wildman–Crippen MR) is 146 cm³/mol. The lowest BCUT2D eigenvalue weighted by atomic mass is 9.95. The van der Waals surface area contributed by atoms with Gasteiger partial charge in [-0.1, -0.05) is 6.07 Å². The van der Waals surface area contributed by atoms with Gasteiger partial charge in [0.05, 0.1) is 30.2 Å². The molecule has 0 fully saturated rings. The summed E-state index contributed by atoms with van der Waals surface area (Å²) in [7, 11) is 1.48. The topological polar surface area (TPSA) is 106 Å². The van der Waals surface area contributed by atoms with Crippen molar-refractivity contribution in [2.75, 3.05) is 12.4 Å². The number of fused-ring (bicyclic) bond motifs is 1. The van der Waals surface area contributed by atoms with Crippen molar-refractivity contribution in [1.82, 2.24) is 15.0 Å². The van der Waals surface area contributed by atoms with Crippen molar-refractivity contribution in [3.05, 3.63) is 94.8 Å². The molecule has 3 aromatic heterocycles. The fraction of sp³-hybridized carbons (Fsp3) is 0.133. The molecule has 11 heteroatoms. The molecule has 41 heavy (non-hydrogen) atoms. The number of aryl methyl sites for hydroxylation is 3. The fourth-order valence-electron chi connectivity index (χ4n) is 4.52. The van der Waals surface area contributed by atoms with Crippen LogP contribution in [0.15, 0.2) is 54.9 Å². The molecular formula is C30H23F3N4O4. The summed E-state index contributed by atoms with van der Waals surface area (Å²) in [6, 6.07) is 8.60. The Morgan fingerprint density at radius 2 is 1.71 bits per heavy atom. The standard InChI is InChI=1S/C30H23F3N4O4/c1-14-9-17(31)5-6-19(14)26-15(2)36-16(3)27(29(26)38)30(39)37-22-11-21(33)25(12-20(22)32)41-24-7-8-34-23-10-18(40-4)13-35-28(23)24/h5-13H,1-4H3,(H,36,38)(H,37,39). The van der Waals surface area contributed by atoms with Crippen LogP contribution < -0.4 is 14.8 Å². The summed E-state index contributed by atoms with van der Waals surface area (Å²) in [6.07, 6.45) is 2.86. The maximum absolute atomic E-state index is 15.1. The van der Waals surface area contributed by atoms with Crippen molar-refractivity contribution in [2.45, 2.75) is 20.8 Å². The Balaban J connectivity index is 1.46. The number of aromatic hydroxyl groups is 1. The van der Waals surface area contributed by atoms with E-state index in [9.17, 15) is 14.3 Å². The lowest BCUT2D eigenvalue weighted by molar-refractivity contribution is 0.102. The van der Waals surface area contributed by atoms with Crippen molar-refractivity contribution >= 4 is 22.6 Å². The van der Waals surface area contributed by atoms with Gasteiger partial charge in [0.15, 0.2) is 23.1 Å². The Morgan fingerprint density at radius 1 is 0.927 bits per heavy atom. The number of anilines is 1. The van der Waals surface area contributed by atoms with Gasteiger partial charge < -0.3 is 19.9 Å². The predicted octanol–water partition coefficient (Wildman–Crippen LogP) is 6.79.